The Morgan fingerprint density at radius 3 is 2.25 bits per heavy atom. The predicted octanol–water partition coefficient (Wildman–Crippen LogP) is 4.42. The highest BCUT2D eigenvalue weighted by Crippen LogP contribution is 2.36. The van der Waals surface area contributed by atoms with E-state index < -0.39 is 5.41 Å². The molecule has 0 aromatic heterocycles. The molecular weight excluding hydrogens is 252 g/mol. The number of phenolic OH excluding ortho intramolecular Hbond substituents is 1. The van der Waals surface area contributed by atoms with Crippen molar-refractivity contribution in [3.8, 4) is 11.5 Å². The highest BCUT2D eigenvalue weighted by Gasteiger charge is 2.28. The molecule has 0 spiro atoms. The molecule has 20 heavy (non-hydrogen) atoms. The zero-order valence-electron chi connectivity index (χ0n) is 13.4. The molecule has 0 fully saturated rings. The molecule has 1 rings (SSSR count). The second-order valence-electron chi connectivity index (χ2n) is 6.54. The van der Waals surface area contributed by atoms with Gasteiger partial charge in [0.05, 0.1) is 5.41 Å². The van der Waals surface area contributed by atoms with Crippen LogP contribution < -0.4 is 4.74 Å². The van der Waals surface area contributed by atoms with Gasteiger partial charge in [-0.05, 0) is 50.3 Å². The molecule has 112 valence electrons. The number of ether oxygens (including phenoxy) is 1. The van der Waals surface area contributed by atoms with Crippen molar-refractivity contribution < 1.29 is 14.6 Å². The molecule has 0 unspecified atom stereocenters. The number of hydrogen-bond acceptors (Lipinski definition) is 3. The number of carbonyl (C=O) groups excluding carboxylic acids is 1. The lowest BCUT2D eigenvalue weighted by molar-refractivity contribution is -0.144. The van der Waals surface area contributed by atoms with Crippen molar-refractivity contribution in [2.75, 3.05) is 0 Å². The molecule has 1 aromatic rings. The summed E-state index contributed by atoms with van der Waals surface area (Å²) in [6.07, 6.45) is 1.61. The van der Waals surface area contributed by atoms with Gasteiger partial charge in [-0.3, -0.25) is 4.79 Å². The van der Waals surface area contributed by atoms with Gasteiger partial charge in [0.25, 0.3) is 0 Å². The Balaban J connectivity index is 3.06. The zero-order valence-corrected chi connectivity index (χ0v) is 13.4. The summed E-state index contributed by atoms with van der Waals surface area (Å²) in [6, 6.07) is 4.99. The summed E-state index contributed by atoms with van der Waals surface area (Å²) in [5, 5.41) is 10.0. The Kier molecular flexibility index (Phi) is 4.85. The van der Waals surface area contributed by atoms with Crippen LogP contribution in [0.4, 0.5) is 0 Å². The number of benzene rings is 1. The van der Waals surface area contributed by atoms with Crippen molar-refractivity contribution in [2.24, 2.45) is 5.41 Å². The molecule has 0 heterocycles. The highest BCUT2D eigenvalue weighted by molar-refractivity contribution is 5.78. The fraction of sp³-hybridized carbons (Fsp3) is 0.588. The fourth-order valence-electron chi connectivity index (χ4n) is 1.70. The smallest absolute Gasteiger partial charge is 0.316 e. The van der Waals surface area contributed by atoms with Crippen LogP contribution in [0.1, 0.15) is 59.9 Å². The normalized spacial score (nSPS) is 12.3. The SMILES string of the molecule is CCC(C)(C)C(=O)Oc1ccc(O)c(C(C)(C)CC)c1. The van der Waals surface area contributed by atoms with Gasteiger partial charge in [-0.2, -0.15) is 0 Å². The molecule has 0 saturated carbocycles. The minimum atomic E-state index is -0.502. The molecule has 0 aliphatic rings. The van der Waals surface area contributed by atoms with E-state index in [0.29, 0.717) is 5.75 Å². The average molecular weight is 278 g/mol. The van der Waals surface area contributed by atoms with Crippen LogP contribution in [0.25, 0.3) is 0 Å². The Labute approximate surface area is 122 Å². The van der Waals surface area contributed by atoms with E-state index in [1.807, 2.05) is 20.8 Å². The van der Waals surface area contributed by atoms with E-state index in [4.69, 9.17) is 4.74 Å². The fourth-order valence-corrected chi connectivity index (χ4v) is 1.70. The number of hydrogen-bond donors (Lipinski definition) is 1. The number of aromatic hydroxyl groups is 1. The Morgan fingerprint density at radius 1 is 1.15 bits per heavy atom. The first-order valence-electron chi connectivity index (χ1n) is 7.20. The minimum absolute atomic E-state index is 0.160. The first kappa shape index (κ1) is 16.5. The van der Waals surface area contributed by atoms with Crippen LogP contribution in [0.2, 0.25) is 0 Å². The number of esters is 1. The molecule has 0 saturated heterocycles. The summed E-state index contributed by atoms with van der Waals surface area (Å²) < 4.78 is 5.46. The second-order valence-corrected chi connectivity index (χ2v) is 6.54. The number of rotatable bonds is 5. The molecule has 0 atom stereocenters. The van der Waals surface area contributed by atoms with Crippen LogP contribution >= 0.6 is 0 Å². The maximum Gasteiger partial charge on any atom is 0.316 e. The van der Waals surface area contributed by atoms with Crippen LogP contribution in [0.3, 0.4) is 0 Å². The van der Waals surface area contributed by atoms with E-state index in [2.05, 4.69) is 20.8 Å². The van der Waals surface area contributed by atoms with Crippen molar-refractivity contribution in [2.45, 2.75) is 59.8 Å². The minimum Gasteiger partial charge on any atom is -0.508 e. The summed E-state index contributed by atoms with van der Waals surface area (Å²) in [6.45, 7) is 11.9. The van der Waals surface area contributed by atoms with E-state index in [1.165, 1.54) is 0 Å². The molecule has 0 amide bonds. The van der Waals surface area contributed by atoms with Crippen molar-refractivity contribution in [3.05, 3.63) is 23.8 Å². The number of carbonyl (C=O) groups is 1. The molecule has 0 aliphatic heterocycles. The molecule has 0 bridgehead atoms. The second kappa shape index (κ2) is 5.86. The van der Waals surface area contributed by atoms with E-state index in [0.717, 1.165) is 18.4 Å². The van der Waals surface area contributed by atoms with Crippen LogP contribution in [-0.2, 0) is 10.2 Å². The summed E-state index contributed by atoms with van der Waals surface area (Å²) in [7, 11) is 0. The van der Waals surface area contributed by atoms with E-state index in [1.54, 1.807) is 18.2 Å². The topological polar surface area (TPSA) is 46.5 Å². The molecule has 0 aliphatic carbocycles. The van der Waals surface area contributed by atoms with Crippen molar-refractivity contribution in [1.29, 1.82) is 0 Å². The Morgan fingerprint density at radius 2 is 1.75 bits per heavy atom. The van der Waals surface area contributed by atoms with Crippen LogP contribution in [-0.4, -0.2) is 11.1 Å². The molecular formula is C17H26O3. The van der Waals surface area contributed by atoms with Gasteiger partial charge in [0.2, 0.25) is 0 Å². The average Bonchev–Trinajstić information content (AvgIpc) is 2.40. The van der Waals surface area contributed by atoms with E-state index >= 15 is 0 Å². The summed E-state index contributed by atoms with van der Waals surface area (Å²) >= 11 is 0. The van der Waals surface area contributed by atoms with Gasteiger partial charge in [0, 0.05) is 5.56 Å². The van der Waals surface area contributed by atoms with E-state index in [9.17, 15) is 9.90 Å². The summed E-state index contributed by atoms with van der Waals surface area (Å²) in [5.74, 6) is 0.489. The standard InChI is InChI=1S/C17H26O3/c1-7-16(3,4)13-11-12(9-10-14(13)18)20-15(19)17(5,6)8-2/h9-11,18H,7-8H2,1-6H3. The summed E-state index contributed by atoms with van der Waals surface area (Å²) in [5.41, 5.74) is 0.144. The lowest BCUT2D eigenvalue weighted by atomic mass is 9.81. The molecule has 1 aromatic carbocycles. The monoisotopic (exact) mass is 278 g/mol. The molecule has 0 radical (unpaired) electrons. The maximum atomic E-state index is 12.1. The van der Waals surface area contributed by atoms with Crippen LogP contribution in [0.15, 0.2) is 18.2 Å². The number of phenols is 1. The first-order valence-corrected chi connectivity index (χ1v) is 7.20. The molecule has 3 heteroatoms. The Hall–Kier alpha value is -1.51. The van der Waals surface area contributed by atoms with E-state index in [-0.39, 0.29) is 17.1 Å². The quantitative estimate of drug-likeness (QED) is 0.640. The third-order valence-electron chi connectivity index (χ3n) is 4.23. The summed E-state index contributed by atoms with van der Waals surface area (Å²) in [4.78, 5) is 12.1. The third kappa shape index (κ3) is 3.53. The van der Waals surface area contributed by atoms with Gasteiger partial charge in [0.1, 0.15) is 11.5 Å². The largest absolute Gasteiger partial charge is 0.508 e. The van der Waals surface area contributed by atoms with Gasteiger partial charge < -0.3 is 9.84 Å². The van der Waals surface area contributed by atoms with Crippen molar-refractivity contribution in [3.63, 3.8) is 0 Å². The maximum absolute atomic E-state index is 12.1. The van der Waals surface area contributed by atoms with Crippen molar-refractivity contribution >= 4 is 5.97 Å². The Bertz CT molecular complexity index is 487. The van der Waals surface area contributed by atoms with Crippen molar-refractivity contribution in [1.82, 2.24) is 0 Å². The lowest BCUT2D eigenvalue weighted by Crippen LogP contribution is -2.28. The molecule has 1 N–H and O–H groups in total. The van der Waals surface area contributed by atoms with Gasteiger partial charge >= 0.3 is 5.97 Å². The first-order chi connectivity index (χ1) is 9.14. The third-order valence-corrected chi connectivity index (χ3v) is 4.23. The van der Waals surface area contributed by atoms with Gasteiger partial charge in [-0.1, -0.05) is 27.7 Å². The zero-order chi connectivity index (χ0) is 15.6. The van der Waals surface area contributed by atoms with Crippen LogP contribution in [0, 0.1) is 5.41 Å². The highest BCUT2D eigenvalue weighted by atomic mass is 16.5. The lowest BCUT2D eigenvalue weighted by Gasteiger charge is -2.25. The predicted molar refractivity (Wildman–Crippen MR) is 81.1 cm³/mol. The van der Waals surface area contributed by atoms with Gasteiger partial charge in [-0.25, -0.2) is 0 Å². The van der Waals surface area contributed by atoms with Gasteiger partial charge in [-0.15, -0.1) is 0 Å². The molecule has 3 nitrogen and oxygen atoms in total. The van der Waals surface area contributed by atoms with Crippen LogP contribution in [0.5, 0.6) is 11.5 Å². The van der Waals surface area contributed by atoms with Gasteiger partial charge in [0.15, 0.2) is 0 Å².